The van der Waals surface area contributed by atoms with Crippen molar-refractivity contribution in [3.8, 4) is 0 Å². The molecule has 0 bridgehead atoms. The molecule has 0 aromatic heterocycles. The minimum Gasteiger partial charge on any atom is -0.469 e. The van der Waals surface area contributed by atoms with Crippen LogP contribution >= 0.6 is 0 Å². The first-order valence-electron chi connectivity index (χ1n) is 16.1. The Morgan fingerprint density at radius 2 is 1.69 bits per heavy atom. The maximum atomic E-state index is 11.6. The zero-order valence-electron chi connectivity index (χ0n) is 26.1. The van der Waals surface area contributed by atoms with Gasteiger partial charge in [-0.3, -0.25) is 4.79 Å². The van der Waals surface area contributed by atoms with Crippen LogP contribution in [-0.2, 0) is 23.4 Å². The van der Waals surface area contributed by atoms with E-state index in [1.54, 1.807) is 0 Å². The first kappa shape index (κ1) is 31.2. The molecule has 2 saturated carbocycles. The Morgan fingerprint density at radius 1 is 1.00 bits per heavy atom. The molecule has 1 unspecified atom stereocenters. The van der Waals surface area contributed by atoms with Crippen molar-refractivity contribution in [3.63, 3.8) is 0 Å². The smallest absolute Gasteiger partial charge is 0.305 e. The SMILES string of the molecule is COC(=O)CCC/C=C1\C[C@H]2C[C@@H](OC3CCCCO3)[C@H](CO[Si](c3ccccc3)(c3ccccc3)C(C)(C)C)[C@H]2C1. The molecule has 2 aromatic rings. The van der Waals surface area contributed by atoms with E-state index in [9.17, 15) is 4.79 Å². The molecule has 42 heavy (non-hydrogen) atoms. The lowest BCUT2D eigenvalue weighted by atomic mass is 9.92. The van der Waals surface area contributed by atoms with Gasteiger partial charge in [0.15, 0.2) is 6.29 Å². The molecule has 6 heteroatoms. The molecule has 0 N–H and O–H groups in total. The van der Waals surface area contributed by atoms with E-state index >= 15 is 0 Å². The highest BCUT2D eigenvalue weighted by molar-refractivity contribution is 6.99. The van der Waals surface area contributed by atoms with E-state index in [2.05, 4.69) is 87.5 Å². The van der Waals surface area contributed by atoms with E-state index in [0.29, 0.717) is 30.8 Å². The lowest BCUT2D eigenvalue weighted by Crippen LogP contribution is -2.67. The zero-order chi connectivity index (χ0) is 29.6. The molecule has 5 nitrogen and oxygen atoms in total. The number of allylic oxidation sites excluding steroid dienone is 2. The third kappa shape index (κ3) is 6.93. The highest BCUT2D eigenvalue weighted by atomic mass is 28.4. The van der Waals surface area contributed by atoms with Gasteiger partial charge in [-0.15, -0.1) is 0 Å². The van der Waals surface area contributed by atoms with Crippen LogP contribution < -0.4 is 10.4 Å². The molecule has 0 spiro atoms. The fourth-order valence-electron chi connectivity index (χ4n) is 7.75. The third-order valence-corrected chi connectivity index (χ3v) is 14.8. The van der Waals surface area contributed by atoms with E-state index < -0.39 is 8.32 Å². The number of methoxy groups -OCH3 is 1. The molecule has 0 amide bonds. The number of hydrogen-bond acceptors (Lipinski definition) is 5. The van der Waals surface area contributed by atoms with Gasteiger partial charge in [0.25, 0.3) is 8.32 Å². The van der Waals surface area contributed by atoms with Gasteiger partial charge >= 0.3 is 5.97 Å². The predicted octanol–water partition coefficient (Wildman–Crippen LogP) is 6.79. The van der Waals surface area contributed by atoms with Gasteiger partial charge in [0, 0.05) is 25.6 Å². The molecule has 3 aliphatic rings. The molecular formula is C36H50O5Si. The number of benzene rings is 2. The van der Waals surface area contributed by atoms with Crippen molar-refractivity contribution in [3.05, 3.63) is 72.3 Å². The monoisotopic (exact) mass is 590 g/mol. The molecular weight excluding hydrogens is 540 g/mol. The summed E-state index contributed by atoms with van der Waals surface area (Å²) in [5.41, 5.74) is 1.54. The van der Waals surface area contributed by atoms with Crippen LogP contribution in [0, 0.1) is 17.8 Å². The highest BCUT2D eigenvalue weighted by Crippen LogP contribution is 2.52. The van der Waals surface area contributed by atoms with Gasteiger partial charge in [0.05, 0.1) is 13.2 Å². The lowest BCUT2D eigenvalue weighted by molar-refractivity contribution is -0.197. The summed E-state index contributed by atoms with van der Waals surface area (Å²) in [6, 6.07) is 21.9. The van der Waals surface area contributed by atoms with Crippen molar-refractivity contribution in [1.82, 2.24) is 0 Å². The molecule has 2 aromatic carbocycles. The van der Waals surface area contributed by atoms with E-state index in [4.69, 9.17) is 18.6 Å². The Morgan fingerprint density at radius 3 is 2.29 bits per heavy atom. The van der Waals surface area contributed by atoms with Gasteiger partial charge in [-0.2, -0.15) is 0 Å². The Hall–Kier alpha value is -2.25. The van der Waals surface area contributed by atoms with Crippen LogP contribution in [0.5, 0.6) is 0 Å². The van der Waals surface area contributed by atoms with Crippen LogP contribution in [0.1, 0.15) is 78.6 Å². The summed E-state index contributed by atoms with van der Waals surface area (Å²) in [5.74, 6) is 1.35. The van der Waals surface area contributed by atoms with E-state index in [1.165, 1.54) is 29.5 Å². The third-order valence-electron chi connectivity index (χ3n) is 9.81. The number of carbonyl (C=O) groups is 1. The molecule has 0 radical (unpaired) electrons. The second-order valence-corrected chi connectivity index (χ2v) is 17.8. The van der Waals surface area contributed by atoms with Gasteiger partial charge in [-0.1, -0.05) is 93.1 Å². The van der Waals surface area contributed by atoms with Crippen LogP contribution in [0.25, 0.3) is 0 Å². The molecule has 3 fully saturated rings. The molecule has 5 rings (SSSR count). The van der Waals surface area contributed by atoms with E-state index in [-0.39, 0.29) is 23.4 Å². The van der Waals surface area contributed by atoms with Crippen LogP contribution in [0.3, 0.4) is 0 Å². The van der Waals surface area contributed by atoms with Gasteiger partial charge in [-0.25, -0.2) is 0 Å². The van der Waals surface area contributed by atoms with Crippen LogP contribution in [-0.4, -0.2) is 47.0 Å². The molecule has 1 saturated heterocycles. The number of esters is 1. The number of hydrogen-bond donors (Lipinski definition) is 0. The number of ether oxygens (including phenoxy) is 3. The summed E-state index contributed by atoms with van der Waals surface area (Å²) in [4.78, 5) is 11.6. The van der Waals surface area contributed by atoms with Crippen molar-refractivity contribution in [1.29, 1.82) is 0 Å². The Labute approximate surface area is 254 Å². The second-order valence-electron chi connectivity index (χ2n) is 13.5. The van der Waals surface area contributed by atoms with Crippen molar-refractivity contribution >= 4 is 24.7 Å². The molecule has 1 heterocycles. The fraction of sp³-hybridized carbons (Fsp3) is 0.583. The van der Waals surface area contributed by atoms with Crippen molar-refractivity contribution in [2.75, 3.05) is 20.3 Å². The Kier molecular flexibility index (Phi) is 10.4. The van der Waals surface area contributed by atoms with Gasteiger partial charge in [0.1, 0.15) is 0 Å². The Balaban J connectivity index is 1.40. The van der Waals surface area contributed by atoms with Crippen LogP contribution in [0.15, 0.2) is 72.3 Å². The van der Waals surface area contributed by atoms with Gasteiger partial charge < -0.3 is 18.6 Å². The normalized spacial score (nSPS) is 27.2. The standard InChI is InChI=1S/C36H50O5Si/c1-36(2,3)42(29-16-7-5-8-17-29,30-18-9-6-10-19-30)40-26-32-31-24-27(15-11-12-20-34(37)38-4)23-28(31)25-33(32)41-35-21-13-14-22-39-35/h5-10,15-19,28,31-33,35H,11-14,20-26H2,1-4H3/b27-15+/t28-,31-,32+,33+,35?/m0/s1. The summed E-state index contributed by atoms with van der Waals surface area (Å²) in [6.45, 7) is 8.55. The van der Waals surface area contributed by atoms with Crippen molar-refractivity contribution < 1.29 is 23.4 Å². The first-order valence-corrected chi connectivity index (χ1v) is 18.0. The molecule has 2 aliphatic carbocycles. The summed E-state index contributed by atoms with van der Waals surface area (Å²) in [6.07, 6.45) is 11.3. The first-order chi connectivity index (χ1) is 20.3. The summed E-state index contributed by atoms with van der Waals surface area (Å²) in [5, 5.41) is 2.59. The fourth-order valence-corrected chi connectivity index (χ4v) is 12.4. The summed E-state index contributed by atoms with van der Waals surface area (Å²) in [7, 11) is -1.18. The molecule has 228 valence electrons. The highest BCUT2D eigenvalue weighted by Gasteiger charge is 2.53. The maximum absolute atomic E-state index is 11.6. The topological polar surface area (TPSA) is 54.0 Å². The van der Waals surface area contributed by atoms with Crippen LogP contribution in [0.4, 0.5) is 0 Å². The lowest BCUT2D eigenvalue weighted by Gasteiger charge is -2.44. The predicted molar refractivity (Wildman–Crippen MR) is 170 cm³/mol. The van der Waals surface area contributed by atoms with Crippen LogP contribution in [0.2, 0.25) is 5.04 Å². The summed E-state index contributed by atoms with van der Waals surface area (Å²) >= 11 is 0. The maximum Gasteiger partial charge on any atom is 0.305 e. The summed E-state index contributed by atoms with van der Waals surface area (Å²) < 4.78 is 25.2. The minimum atomic E-state index is -2.65. The van der Waals surface area contributed by atoms with E-state index in [0.717, 1.165) is 51.6 Å². The average molecular weight is 591 g/mol. The minimum absolute atomic E-state index is 0.0586. The average Bonchev–Trinajstić information content (AvgIpc) is 3.53. The van der Waals surface area contributed by atoms with Crippen molar-refractivity contribution in [2.24, 2.45) is 17.8 Å². The largest absolute Gasteiger partial charge is 0.469 e. The second kappa shape index (κ2) is 14.0. The molecule has 1 aliphatic heterocycles. The van der Waals surface area contributed by atoms with Gasteiger partial charge in [-0.05, 0) is 78.6 Å². The quantitative estimate of drug-likeness (QED) is 0.125. The zero-order valence-corrected chi connectivity index (χ0v) is 27.1. The number of rotatable bonds is 11. The number of fused-ring (bicyclic) bond motifs is 1. The number of unbranched alkanes of at least 4 members (excludes halogenated alkanes) is 1. The van der Waals surface area contributed by atoms with Crippen molar-refractivity contribution in [2.45, 2.75) is 96.0 Å². The van der Waals surface area contributed by atoms with E-state index in [1.807, 2.05) is 0 Å². The van der Waals surface area contributed by atoms with Gasteiger partial charge in [0.2, 0.25) is 0 Å². The Bertz CT molecular complexity index is 1130. The molecule has 5 atom stereocenters. The number of carbonyl (C=O) groups excluding carboxylic acids is 1.